The van der Waals surface area contributed by atoms with Gasteiger partial charge in [0.1, 0.15) is 0 Å². The van der Waals surface area contributed by atoms with Crippen molar-refractivity contribution in [2.45, 2.75) is 46.1 Å². The highest BCUT2D eigenvalue weighted by atomic mass is 16.6. The number of aliphatic hydroxyl groups excluding tert-OH is 2. The molecule has 0 saturated carbocycles. The second-order valence-corrected chi connectivity index (χ2v) is 4.63. The van der Waals surface area contributed by atoms with E-state index in [9.17, 15) is 0 Å². The van der Waals surface area contributed by atoms with Gasteiger partial charge in [-0.1, -0.05) is 13.8 Å². The van der Waals surface area contributed by atoms with Gasteiger partial charge in [-0.15, -0.1) is 0 Å². The average Bonchev–Trinajstić information content (AvgIpc) is 2.55. The van der Waals surface area contributed by atoms with Crippen molar-refractivity contribution in [2.75, 3.05) is 59.5 Å². The van der Waals surface area contributed by atoms with E-state index in [4.69, 9.17) is 24.4 Å². The molecule has 0 heterocycles. The molecule has 6 nitrogen and oxygen atoms in total. The van der Waals surface area contributed by atoms with Crippen molar-refractivity contribution in [2.24, 2.45) is 0 Å². The number of rotatable bonds is 14. The van der Waals surface area contributed by atoms with Crippen LogP contribution in [0.2, 0.25) is 0 Å². The second-order valence-electron chi connectivity index (χ2n) is 4.63. The average molecular weight is 324 g/mol. The summed E-state index contributed by atoms with van der Waals surface area (Å²) in [6, 6.07) is 0. The molecule has 0 unspecified atom stereocenters. The summed E-state index contributed by atoms with van der Waals surface area (Å²) in [4.78, 5) is 0. The molecule has 22 heavy (non-hydrogen) atoms. The molecule has 0 radical (unpaired) electrons. The Kier molecular flexibility index (Phi) is 20.5. The highest BCUT2D eigenvalue weighted by Crippen LogP contribution is 2.20. The zero-order valence-electron chi connectivity index (χ0n) is 14.8. The molecule has 0 aromatic carbocycles. The van der Waals surface area contributed by atoms with Crippen LogP contribution < -0.4 is 0 Å². The summed E-state index contributed by atoms with van der Waals surface area (Å²) in [6.45, 7) is 12.5. The number of hydrogen-bond acceptors (Lipinski definition) is 6. The van der Waals surface area contributed by atoms with E-state index in [0.29, 0.717) is 33.0 Å². The van der Waals surface area contributed by atoms with Gasteiger partial charge in [0.2, 0.25) is 0 Å². The Bertz CT molecular complexity index is 193. The lowest BCUT2D eigenvalue weighted by Gasteiger charge is -2.31. The van der Waals surface area contributed by atoms with Gasteiger partial charge in [0.05, 0.1) is 51.8 Å². The molecule has 0 aromatic heterocycles. The molecule has 0 aliphatic heterocycles. The number of ether oxygens (including phenoxy) is 4. The molecule has 0 fully saturated rings. The van der Waals surface area contributed by atoms with Gasteiger partial charge >= 0.3 is 0 Å². The molecule has 0 spiro atoms. The van der Waals surface area contributed by atoms with Crippen LogP contribution in [0.5, 0.6) is 0 Å². The summed E-state index contributed by atoms with van der Waals surface area (Å²) in [5, 5.41) is 16.2. The van der Waals surface area contributed by atoms with Crippen molar-refractivity contribution in [1.82, 2.24) is 0 Å². The van der Waals surface area contributed by atoms with Gasteiger partial charge in [-0.2, -0.15) is 0 Å². The monoisotopic (exact) mass is 324 g/mol. The Labute approximate surface area is 135 Å². The van der Waals surface area contributed by atoms with Crippen LogP contribution in [0.4, 0.5) is 0 Å². The molecule has 0 rings (SSSR count). The molecule has 0 bridgehead atoms. The molecule has 2 N–H and O–H groups in total. The maximum atomic E-state index is 8.09. The molecule has 0 amide bonds. The Morgan fingerprint density at radius 2 is 1.23 bits per heavy atom. The van der Waals surface area contributed by atoms with Crippen LogP contribution in [0, 0.1) is 0 Å². The molecule has 6 heteroatoms. The van der Waals surface area contributed by atoms with Gasteiger partial charge in [-0.05, 0) is 26.7 Å². The van der Waals surface area contributed by atoms with Crippen molar-refractivity contribution in [3.63, 3.8) is 0 Å². The van der Waals surface area contributed by atoms with Gasteiger partial charge in [0, 0.05) is 13.2 Å². The predicted octanol–water partition coefficient (Wildman–Crippen LogP) is 1.62. The molecule has 0 aromatic rings. The van der Waals surface area contributed by atoms with Gasteiger partial charge in [-0.25, -0.2) is 0 Å². The first-order valence-corrected chi connectivity index (χ1v) is 8.25. The normalized spacial score (nSPS) is 11.2. The van der Waals surface area contributed by atoms with Gasteiger partial charge in [0.15, 0.2) is 0 Å². The Morgan fingerprint density at radius 3 is 1.64 bits per heavy atom. The lowest BCUT2D eigenvalue weighted by atomic mass is 9.98. The van der Waals surface area contributed by atoms with Gasteiger partial charge in [-0.3, -0.25) is 0 Å². The summed E-state index contributed by atoms with van der Waals surface area (Å²) in [6.07, 6.45) is 1.98. The summed E-state index contributed by atoms with van der Waals surface area (Å²) in [5.41, 5.74) is -0.0963. The van der Waals surface area contributed by atoms with Crippen LogP contribution in [-0.2, 0) is 18.9 Å². The summed E-state index contributed by atoms with van der Waals surface area (Å²) in [5.74, 6) is 0. The first-order valence-electron chi connectivity index (χ1n) is 8.25. The molecular formula is C16H36O6. The van der Waals surface area contributed by atoms with Crippen LogP contribution in [0.3, 0.4) is 0 Å². The summed E-state index contributed by atoms with van der Waals surface area (Å²) < 4.78 is 21.2. The topological polar surface area (TPSA) is 77.4 Å². The minimum atomic E-state index is -0.0963. The maximum Gasteiger partial charge on any atom is 0.0909 e. The van der Waals surface area contributed by atoms with E-state index in [1.807, 2.05) is 13.8 Å². The van der Waals surface area contributed by atoms with Crippen molar-refractivity contribution in [1.29, 1.82) is 0 Å². The van der Waals surface area contributed by atoms with E-state index in [1.165, 1.54) is 0 Å². The van der Waals surface area contributed by atoms with Gasteiger partial charge in [0.25, 0.3) is 0 Å². The highest BCUT2D eigenvalue weighted by molar-refractivity contribution is 4.77. The summed E-state index contributed by atoms with van der Waals surface area (Å²) in [7, 11) is 0. The molecule has 0 atom stereocenters. The van der Waals surface area contributed by atoms with Crippen LogP contribution in [0.25, 0.3) is 0 Å². The zero-order chi connectivity index (χ0) is 17.1. The number of hydrogen-bond donors (Lipinski definition) is 2. The van der Waals surface area contributed by atoms with E-state index < -0.39 is 0 Å². The molecule has 0 aliphatic rings. The third kappa shape index (κ3) is 14.7. The largest absolute Gasteiger partial charge is 0.394 e. The predicted molar refractivity (Wildman–Crippen MR) is 87.2 cm³/mol. The highest BCUT2D eigenvalue weighted by Gasteiger charge is 2.26. The lowest BCUT2D eigenvalue weighted by molar-refractivity contribution is -0.104. The van der Waals surface area contributed by atoms with Crippen LogP contribution in [-0.4, -0.2) is 75.3 Å². The zero-order valence-corrected chi connectivity index (χ0v) is 14.8. The number of aliphatic hydroxyl groups is 2. The van der Waals surface area contributed by atoms with E-state index in [0.717, 1.165) is 26.1 Å². The fraction of sp³-hybridized carbons (Fsp3) is 1.00. The van der Waals surface area contributed by atoms with Crippen LogP contribution in [0.1, 0.15) is 40.5 Å². The van der Waals surface area contributed by atoms with Crippen molar-refractivity contribution >= 4 is 0 Å². The van der Waals surface area contributed by atoms with Crippen LogP contribution >= 0.6 is 0 Å². The second kappa shape index (κ2) is 18.8. The van der Waals surface area contributed by atoms with Crippen molar-refractivity contribution in [3.8, 4) is 0 Å². The first kappa shape index (κ1) is 24.0. The smallest absolute Gasteiger partial charge is 0.0909 e. The fourth-order valence-corrected chi connectivity index (χ4v) is 1.76. The van der Waals surface area contributed by atoms with E-state index >= 15 is 0 Å². The minimum Gasteiger partial charge on any atom is -0.394 e. The quantitative estimate of drug-likeness (QED) is 0.473. The Balaban J connectivity index is 0. The first-order chi connectivity index (χ1) is 10.7. The lowest BCUT2D eigenvalue weighted by Crippen LogP contribution is -2.37. The Morgan fingerprint density at radius 1 is 0.682 bits per heavy atom. The van der Waals surface area contributed by atoms with Crippen LogP contribution in [0.15, 0.2) is 0 Å². The van der Waals surface area contributed by atoms with Gasteiger partial charge < -0.3 is 29.2 Å². The molecule has 0 aliphatic carbocycles. The summed E-state index contributed by atoms with van der Waals surface area (Å²) >= 11 is 0. The van der Waals surface area contributed by atoms with E-state index in [2.05, 4.69) is 18.6 Å². The minimum absolute atomic E-state index is 0.0278. The maximum absolute atomic E-state index is 8.09. The van der Waals surface area contributed by atoms with Crippen molar-refractivity contribution < 1.29 is 29.2 Å². The fourth-order valence-electron chi connectivity index (χ4n) is 1.76. The third-order valence-electron chi connectivity index (χ3n) is 3.15. The molecule has 136 valence electrons. The molecule has 0 saturated heterocycles. The van der Waals surface area contributed by atoms with Crippen molar-refractivity contribution in [3.05, 3.63) is 0 Å². The van der Waals surface area contributed by atoms with E-state index in [1.54, 1.807) is 0 Å². The Hall–Kier alpha value is -0.240. The standard InChI is InChI=1S/C12H26O3.C4H10O3/c1-5-12(6-2,15-8-4)11-14-10-9-13-7-3;5-1-3-7-4-2-6/h5-11H2,1-4H3;5-6H,1-4H2. The SMILES string of the molecule is CCOCCOCC(CC)(CC)OCC.OCCOCCO. The third-order valence-corrected chi connectivity index (χ3v) is 3.15. The molecular weight excluding hydrogens is 288 g/mol. The van der Waals surface area contributed by atoms with E-state index in [-0.39, 0.29) is 18.8 Å².